The minimum atomic E-state index is 0.277. The zero-order valence-corrected chi connectivity index (χ0v) is 9.44. The molecule has 3 heteroatoms. The lowest BCUT2D eigenvalue weighted by molar-refractivity contribution is 0.215. The number of nitrogens with one attached hydrogen (secondary N) is 1. The Morgan fingerprint density at radius 1 is 1.54 bits per heavy atom. The molecule has 13 heavy (non-hydrogen) atoms. The second-order valence-corrected chi connectivity index (χ2v) is 5.39. The molecular weight excluding hydrogens is 182 g/mol. The molecule has 1 rings (SSSR count). The van der Waals surface area contributed by atoms with E-state index >= 15 is 0 Å². The molecule has 1 fully saturated rings. The van der Waals surface area contributed by atoms with Gasteiger partial charge in [-0.25, -0.2) is 0 Å². The molecule has 1 aliphatic heterocycles. The van der Waals surface area contributed by atoms with E-state index in [1.807, 2.05) is 11.8 Å². The Labute approximate surface area is 85.5 Å². The van der Waals surface area contributed by atoms with Crippen LogP contribution in [0.2, 0.25) is 0 Å². The molecule has 0 bridgehead atoms. The van der Waals surface area contributed by atoms with Gasteiger partial charge in [-0.15, -0.1) is 0 Å². The van der Waals surface area contributed by atoms with E-state index < -0.39 is 0 Å². The van der Waals surface area contributed by atoms with Crippen LogP contribution >= 0.6 is 11.8 Å². The van der Waals surface area contributed by atoms with Crippen molar-refractivity contribution >= 4 is 11.8 Å². The summed E-state index contributed by atoms with van der Waals surface area (Å²) in [4.78, 5) is 0. The van der Waals surface area contributed by atoms with Gasteiger partial charge in [0, 0.05) is 17.8 Å². The van der Waals surface area contributed by atoms with Gasteiger partial charge < -0.3 is 10.4 Å². The van der Waals surface area contributed by atoms with Crippen molar-refractivity contribution in [3.63, 3.8) is 0 Å². The molecule has 0 aliphatic carbocycles. The van der Waals surface area contributed by atoms with Crippen LogP contribution in [0.15, 0.2) is 0 Å². The van der Waals surface area contributed by atoms with Crippen LogP contribution in [-0.4, -0.2) is 35.3 Å². The zero-order valence-electron chi connectivity index (χ0n) is 8.62. The van der Waals surface area contributed by atoms with Crippen molar-refractivity contribution in [1.29, 1.82) is 0 Å². The zero-order chi connectivity index (χ0) is 9.68. The van der Waals surface area contributed by atoms with Gasteiger partial charge in [-0.2, -0.15) is 11.8 Å². The van der Waals surface area contributed by atoms with Crippen LogP contribution in [0.3, 0.4) is 0 Å². The fourth-order valence-electron chi connectivity index (χ4n) is 1.76. The molecule has 0 amide bonds. The highest BCUT2D eigenvalue weighted by Crippen LogP contribution is 2.18. The lowest BCUT2D eigenvalue weighted by atomic mass is 10.0. The van der Waals surface area contributed by atoms with Crippen LogP contribution in [-0.2, 0) is 0 Å². The fourth-order valence-corrected chi connectivity index (χ4v) is 2.93. The van der Waals surface area contributed by atoms with Gasteiger partial charge in [0.05, 0.1) is 6.61 Å². The van der Waals surface area contributed by atoms with Crippen molar-refractivity contribution in [2.45, 2.75) is 38.8 Å². The van der Waals surface area contributed by atoms with Crippen LogP contribution in [0.1, 0.15) is 26.7 Å². The first-order valence-electron chi connectivity index (χ1n) is 5.17. The van der Waals surface area contributed by atoms with E-state index in [2.05, 4.69) is 19.2 Å². The largest absolute Gasteiger partial charge is 0.395 e. The summed E-state index contributed by atoms with van der Waals surface area (Å²) in [6.07, 6.45) is 2.34. The lowest BCUT2D eigenvalue weighted by Gasteiger charge is -2.22. The summed E-state index contributed by atoms with van der Waals surface area (Å²) in [7, 11) is 0. The monoisotopic (exact) mass is 203 g/mol. The van der Waals surface area contributed by atoms with E-state index in [4.69, 9.17) is 5.11 Å². The lowest BCUT2D eigenvalue weighted by Crippen LogP contribution is -2.41. The molecule has 1 aliphatic rings. The number of rotatable bonds is 5. The number of hydrogen-bond donors (Lipinski definition) is 2. The summed E-state index contributed by atoms with van der Waals surface area (Å²) in [5, 5.41) is 12.7. The minimum Gasteiger partial charge on any atom is -0.395 e. The fraction of sp³-hybridized carbons (Fsp3) is 1.00. The van der Waals surface area contributed by atoms with Crippen LogP contribution < -0.4 is 5.32 Å². The predicted molar refractivity (Wildman–Crippen MR) is 59.2 cm³/mol. The van der Waals surface area contributed by atoms with Crippen LogP contribution in [0.25, 0.3) is 0 Å². The molecule has 0 saturated carbocycles. The molecule has 0 aromatic heterocycles. The molecule has 2 nitrogen and oxygen atoms in total. The molecule has 0 spiro atoms. The summed E-state index contributed by atoms with van der Waals surface area (Å²) < 4.78 is 0. The maximum absolute atomic E-state index is 9.17. The number of aliphatic hydroxyl groups excluding tert-OH is 1. The highest BCUT2D eigenvalue weighted by Gasteiger charge is 2.19. The maximum atomic E-state index is 9.17. The van der Waals surface area contributed by atoms with Crippen molar-refractivity contribution in [3.8, 4) is 0 Å². The highest BCUT2D eigenvalue weighted by atomic mass is 32.2. The Morgan fingerprint density at radius 3 is 2.77 bits per heavy atom. The molecular formula is C10H21NOS. The third kappa shape index (κ3) is 4.34. The van der Waals surface area contributed by atoms with E-state index in [-0.39, 0.29) is 6.61 Å². The first kappa shape index (κ1) is 11.3. The van der Waals surface area contributed by atoms with Gasteiger partial charge in [-0.3, -0.25) is 0 Å². The van der Waals surface area contributed by atoms with E-state index in [9.17, 15) is 0 Å². The Morgan fingerprint density at radius 2 is 2.31 bits per heavy atom. The Kier molecular flexibility index (Phi) is 5.14. The summed E-state index contributed by atoms with van der Waals surface area (Å²) in [6.45, 7) is 4.68. The van der Waals surface area contributed by atoms with Crippen molar-refractivity contribution in [2.24, 2.45) is 5.92 Å². The molecule has 0 aromatic rings. The second-order valence-electron chi connectivity index (χ2n) is 4.24. The van der Waals surface area contributed by atoms with Crippen molar-refractivity contribution in [1.82, 2.24) is 5.32 Å². The molecule has 2 atom stereocenters. The molecule has 2 N–H and O–H groups in total. The van der Waals surface area contributed by atoms with Gasteiger partial charge in [-0.05, 0) is 24.5 Å². The Hall–Kier alpha value is 0.270. The smallest absolute Gasteiger partial charge is 0.0584 e. The van der Waals surface area contributed by atoms with E-state index in [1.54, 1.807) is 0 Å². The summed E-state index contributed by atoms with van der Waals surface area (Å²) in [5.41, 5.74) is 0. The van der Waals surface area contributed by atoms with Gasteiger partial charge in [-0.1, -0.05) is 13.8 Å². The van der Waals surface area contributed by atoms with Crippen molar-refractivity contribution < 1.29 is 5.11 Å². The van der Waals surface area contributed by atoms with Crippen LogP contribution in [0.5, 0.6) is 0 Å². The van der Waals surface area contributed by atoms with E-state index in [0.29, 0.717) is 18.0 Å². The topological polar surface area (TPSA) is 32.3 Å². The summed E-state index contributed by atoms with van der Waals surface area (Å²) in [5.74, 6) is 3.16. The molecule has 78 valence electrons. The van der Waals surface area contributed by atoms with Crippen molar-refractivity contribution in [3.05, 3.63) is 0 Å². The van der Waals surface area contributed by atoms with Crippen molar-refractivity contribution in [2.75, 3.05) is 18.1 Å². The number of aliphatic hydroxyl groups is 1. The third-order valence-electron chi connectivity index (χ3n) is 2.38. The van der Waals surface area contributed by atoms with Crippen LogP contribution in [0.4, 0.5) is 0 Å². The summed E-state index contributed by atoms with van der Waals surface area (Å²) in [6, 6.07) is 0.949. The molecule has 1 saturated heterocycles. The second kappa shape index (κ2) is 5.89. The average molecular weight is 203 g/mol. The third-order valence-corrected chi connectivity index (χ3v) is 3.54. The van der Waals surface area contributed by atoms with Gasteiger partial charge in [0.2, 0.25) is 0 Å². The van der Waals surface area contributed by atoms with Crippen LogP contribution in [0, 0.1) is 5.92 Å². The quantitative estimate of drug-likeness (QED) is 0.710. The van der Waals surface area contributed by atoms with Gasteiger partial charge in [0.1, 0.15) is 0 Å². The average Bonchev–Trinajstić information content (AvgIpc) is 2.55. The molecule has 1 heterocycles. The number of thioether (sulfide) groups is 1. The molecule has 0 unspecified atom stereocenters. The Bertz CT molecular complexity index is 135. The SMILES string of the molecule is CC(C)C[C@@H](CO)N[C@H]1CCSC1. The van der Waals surface area contributed by atoms with E-state index in [1.165, 1.54) is 17.9 Å². The molecule has 0 aromatic carbocycles. The first-order valence-corrected chi connectivity index (χ1v) is 6.32. The predicted octanol–water partition coefficient (Wildman–Crippen LogP) is 1.49. The normalized spacial score (nSPS) is 25.4. The minimum absolute atomic E-state index is 0.277. The standard InChI is InChI=1S/C10H21NOS/c1-8(2)5-10(6-12)11-9-3-4-13-7-9/h8-12H,3-7H2,1-2H3/t9-,10-/m0/s1. The van der Waals surface area contributed by atoms with Gasteiger partial charge >= 0.3 is 0 Å². The van der Waals surface area contributed by atoms with E-state index in [0.717, 1.165) is 6.42 Å². The summed E-state index contributed by atoms with van der Waals surface area (Å²) >= 11 is 2.01. The Balaban J connectivity index is 2.21. The highest BCUT2D eigenvalue weighted by molar-refractivity contribution is 7.99. The number of hydrogen-bond acceptors (Lipinski definition) is 3. The first-order chi connectivity index (χ1) is 6.22. The molecule has 0 radical (unpaired) electrons. The van der Waals surface area contributed by atoms with Gasteiger partial charge in [0.25, 0.3) is 0 Å². The van der Waals surface area contributed by atoms with Gasteiger partial charge in [0.15, 0.2) is 0 Å². The maximum Gasteiger partial charge on any atom is 0.0584 e.